The monoisotopic (exact) mass is 375 g/mol. The molecule has 3 rings (SSSR count). The van der Waals surface area contributed by atoms with Crippen molar-refractivity contribution >= 4 is 11.9 Å². The molecule has 5 heteroatoms. The highest BCUT2D eigenvalue weighted by Gasteiger charge is 2.21. The summed E-state index contributed by atoms with van der Waals surface area (Å²) >= 11 is 0. The molecule has 1 unspecified atom stereocenters. The van der Waals surface area contributed by atoms with Crippen LogP contribution < -0.4 is 10.1 Å². The minimum absolute atomic E-state index is 0.214. The third kappa shape index (κ3) is 5.45. The van der Waals surface area contributed by atoms with Gasteiger partial charge < -0.3 is 15.2 Å². The first-order valence-corrected chi connectivity index (χ1v) is 8.96. The second-order valence-corrected chi connectivity index (χ2v) is 6.36. The molecule has 28 heavy (non-hydrogen) atoms. The molecule has 0 fully saturated rings. The van der Waals surface area contributed by atoms with Gasteiger partial charge in [-0.05, 0) is 29.3 Å². The van der Waals surface area contributed by atoms with Gasteiger partial charge in [-0.3, -0.25) is 4.79 Å². The van der Waals surface area contributed by atoms with E-state index < -0.39 is 17.9 Å². The first-order chi connectivity index (χ1) is 13.6. The predicted octanol–water partition coefficient (Wildman–Crippen LogP) is 3.69. The van der Waals surface area contributed by atoms with Gasteiger partial charge in [0.25, 0.3) is 5.91 Å². The van der Waals surface area contributed by atoms with E-state index in [2.05, 4.69) is 5.32 Å². The van der Waals surface area contributed by atoms with E-state index in [1.54, 1.807) is 24.3 Å². The van der Waals surface area contributed by atoms with Gasteiger partial charge in [0.15, 0.2) is 0 Å². The lowest BCUT2D eigenvalue weighted by molar-refractivity contribution is -0.139. The highest BCUT2D eigenvalue weighted by atomic mass is 16.5. The largest absolute Gasteiger partial charge is 0.489 e. The molecule has 5 nitrogen and oxygen atoms in total. The van der Waals surface area contributed by atoms with Crippen LogP contribution >= 0.6 is 0 Å². The van der Waals surface area contributed by atoms with Gasteiger partial charge in [0.1, 0.15) is 18.4 Å². The molecule has 0 radical (unpaired) electrons. The van der Waals surface area contributed by atoms with Crippen molar-refractivity contribution in [2.45, 2.75) is 19.1 Å². The Morgan fingerprint density at radius 2 is 1.50 bits per heavy atom. The number of carbonyl (C=O) groups is 2. The Labute approximate surface area is 163 Å². The lowest BCUT2D eigenvalue weighted by atomic mass is 10.1. The number of carboxylic acid groups (broad SMARTS) is 1. The number of nitrogens with one attached hydrogen (secondary N) is 1. The molecule has 0 aromatic heterocycles. The van der Waals surface area contributed by atoms with Crippen LogP contribution in [0.4, 0.5) is 0 Å². The van der Waals surface area contributed by atoms with Crippen molar-refractivity contribution in [1.82, 2.24) is 5.32 Å². The Bertz CT molecular complexity index is 926. The number of ether oxygens (including phenoxy) is 1. The van der Waals surface area contributed by atoms with Gasteiger partial charge in [0, 0.05) is 12.0 Å². The number of amides is 1. The minimum atomic E-state index is -1.08. The summed E-state index contributed by atoms with van der Waals surface area (Å²) in [6.07, 6.45) is 0.214. The highest BCUT2D eigenvalue weighted by molar-refractivity contribution is 5.97. The summed E-state index contributed by atoms with van der Waals surface area (Å²) in [6.45, 7) is 0.387. The third-order valence-corrected chi connectivity index (χ3v) is 4.23. The minimum Gasteiger partial charge on any atom is -0.489 e. The molecule has 0 heterocycles. The number of hydrogen-bond donors (Lipinski definition) is 2. The molecule has 1 amide bonds. The standard InChI is InChI=1S/C23H21NO4/c25-22(24-21(23(26)27)14-17-8-3-1-4-9-17)19-12-7-13-20(15-19)28-16-18-10-5-2-6-11-18/h1-13,15,21H,14,16H2,(H,24,25)(H,26,27). The summed E-state index contributed by atoms with van der Waals surface area (Å²) in [5.41, 5.74) is 2.21. The van der Waals surface area contributed by atoms with Crippen LogP contribution in [0.2, 0.25) is 0 Å². The third-order valence-electron chi connectivity index (χ3n) is 4.23. The van der Waals surface area contributed by atoms with Gasteiger partial charge >= 0.3 is 5.97 Å². The van der Waals surface area contributed by atoms with Crippen LogP contribution in [0, 0.1) is 0 Å². The van der Waals surface area contributed by atoms with Gasteiger partial charge in [0.05, 0.1) is 0 Å². The zero-order chi connectivity index (χ0) is 19.8. The Kier molecular flexibility index (Phi) is 6.41. The zero-order valence-corrected chi connectivity index (χ0v) is 15.2. The van der Waals surface area contributed by atoms with E-state index >= 15 is 0 Å². The van der Waals surface area contributed by atoms with Crippen LogP contribution in [0.25, 0.3) is 0 Å². The molecule has 0 bridgehead atoms. The molecule has 142 valence electrons. The van der Waals surface area contributed by atoms with E-state index in [0.717, 1.165) is 11.1 Å². The van der Waals surface area contributed by atoms with Crippen LogP contribution in [0.1, 0.15) is 21.5 Å². The van der Waals surface area contributed by atoms with Crippen LogP contribution in [-0.2, 0) is 17.8 Å². The van der Waals surface area contributed by atoms with Gasteiger partial charge in [0.2, 0.25) is 0 Å². The van der Waals surface area contributed by atoms with Crippen LogP contribution in [0.15, 0.2) is 84.9 Å². The number of aliphatic carboxylic acids is 1. The molecule has 0 aliphatic heterocycles. The van der Waals surface area contributed by atoms with E-state index in [-0.39, 0.29) is 6.42 Å². The summed E-state index contributed by atoms with van der Waals surface area (Å²) in [5.74, 6) is -0.978. The Hall–Kier alpha value is -3.60. The number of carboxylic acids is 1. The fourth-order valence-electron chi connectivity index (χ4n) is 2.76. The molecule has 3 aromatic carbocycles. The van der Waals surface area contributed by atoms with Crippen molar-refractivity contribution in [1.29, 1.82) is 0 Å². The predicted molar refractivity (Wildman–Crippen MR) is 106 cm³/mol. The molecule has 0 spiro atoms. The Balaban J connectivity index is 1.64. The molecule has 1 atom stereocenters. The second-order valence-electron chi connectivity index (χ2n) is 6.36. The van der Waals surface area contributed by atoms with Crippen molar-refractivity contribution in [2.24, 2.45) is 0 Å². The summed E-state index contributed by atoms with van der Waals surface area (Å²) in [6, 6.07) is 24.6. The number of carbonyl (C=O) groups excluding carboxylic acids is 1. The lowest BCUT2D eigenvalue weighted by Crippen LogP contribution is -2.42. The van der Waals surface area contributed by atoms with Gasteiger partial charge in [-0.25, -0.2) is 4.79 Å². The Morgan fingerprint density at radius 1 is 0.857 bits per heavy atom. The van der Waals surface area contributed by atoms with E-state index in [1.807, 2.05) is 60.7 Å². The maximum atomic E-state index is 12.5. The average Bonchev–Trinajstić information content (AvgIpc) is 2.73. The number of rotatable bonds is 8. The smallest absolute Gasteiger partial charge is 0.326 e. The highest BCUT2D eigenvalue weighted by Crippen LogP contribution is 2.16. The van der Waals surface area contributed by atoms with Crippen LogP contribution in [-0.4, -0.2) is 23.0 Å². The van der Waals surface area contributed by atoms with Gasteiger partial charge in [-0.15, -0.1) is 0 Å². The van der Waals surface area contributed by atoms with E-state index in [1.165, 1.54) is 0 Å². The molecule has 0 saturated carbocycles. The molecule has 2 N–H and O–H groups in total. The maximum Gasteiger partial charge on any atom is 0.326 e. The summed E-state index contributed by atoms with van der Waals surface area (Å²) in [5, 5.41) is 12.0. The molecule has 0 aliphatic carbocycles. The maximum absolute atomic E-state index is 12.5. The fourth-order valence-corrected chi connectivity index (χ4v) is 2.76. The molecular formula is C23H21NO4. The van der Waals surface area contributed by atoms with Crippen molar-refractivity contribution in [3.8, 4) is 5.75 Å². The van der Waals surface area contributed by atoms with E-state index in [9.17, 15) is 14.7 Å². The summed E-state index contributed by atoms with van der Waals surface area (Å²) < 4.78 is 5.73. The van der Waals surface area contributed by atoms with Crippen molar-refractivity contribution in [3.63, 3.8) is 0 Å². The molecule has 0 saturated heterocycles. The first kappa shape index (κ1) is 19.2. The van der Waals surface area contributed by atoms with Gasteiger partial charge in [-0.2, -0.15) is 0 Å². The molecule has 3 aromatic rings. The summed E-state index contributed by atoms with van der Waals surface area (Å²) in [4.78, 5) is 24.1. The van der Waals surface area contributed by atoms with Crippen LogP contribution in [0.3, 0.4) is 0 Å². The van der Waals surface area contributed by atoms with Gasteiger partial charge in [-0.1, -0.05) is 66.7 Å². The number of benzene rings is 3. The van der Waals surface area contributed by atoms with Crippen LogP contribution in [0.5, 0.6) is 5.75 Å². The van der Waals surface area contributed by atoms with E-state index in [4.69, 9.17) is 4.74 Å². The van der Waals surface area contributed by atoms with Crippen molar-refractivity contribution < 1.29 is 19.4 Å². The number of hydrogen-bond acceptors (Lipinski definition) is 3. The Morgan fingerprint density at radius 3 is 2.14 bits per heavy atom. The lowest BCUT2D eigenvalue weighted by Gasteiger charge is -2.15. The zero-order valence-electron chi connectivity index (χ0n) is 15.2. The van der Waals surface area contributed by atoms with Crippen molar-refractivity contribution in [3.05, 3.63) is 102 Å². The average molecular weight is 375 g/mol. The summed E-state index contributed by atoms with van der Waals surface area (Å²) in [7, 11) is 0. The van der Waals surface area contributed by atoms with E-state index in [0.29, 0.717) is 17.9 Å². The normalized spacial score (nSPS) is 11.4. The fraction of sp³-hybridized carbons (Fsp3) is 0.130. The SMILES string of the molecule is O=C(NC(Cc1ccccc1)C(=O)O)c1cccc(OCc2ccccc2)c1. The molecular weight excluding hydrogens is 354 g/mol. The molecule has 0 aliphatic rings. The first-order valence-electron chi connectivity index (χ1n) is 8.96. The topological polar surface area (TPSA) is 75.6 Å². The van der Waals surface area contributed by atoms with Crippen molar-refractivity contribution in [2.75, 3.05) is 0 Å². The quantitative estimate of drug-likeness (QED) is 0.630. The second kappa shape index (κ2) is 9.37.